The first kappa shape index (κ1) is 21.0. The molecule has 0 spiro atoms. The molecule has 0 saturated heterocycles. The maximum atomic E-state index is 12.7. The van der Waals surface area contributed by atoms with Crippen molar-refractivity contribution in [3.05, 3.63) is 58.7 Å². The van der Waals surface area contributed by atoms with E-state index < -0.39 is 0 Å². The minimum absolute atomic E-state index is 0. The Morgan fingerprint density at radius 3 is 2.04 bits per heavy atom. The summed E-state index contributed by atoms with van der Waals surface area (Å²) in [6.07, 6.45) is 0. The van der Waals surface area contributed by atoms with Crippen LogP contribution >= 0.6 is 8.58 Å². The second kappa shape index (κ2) is 8.35. The van der Waals surface area contributed by atoms with Crippen molar-refractivity contribution < 1.29 is 28.4 Å². The third kappa shape index (κ3) is 5.49. The predicted octanol–water partition coefficient (Wildman–Crippen LogP) is 2.21. The van der Waals surface area contributed by atoms with Crippen LogP contribution in [0.4, 0.5) is 0 Å². The number of carbonyl (C=O) groups is 1. The van der Waals surface area contributed by atoms with E-state index in [0.717, 1.165) is 33.3 Å². The molecule has 0 aliphatic heterocycles. The SMILES string of the molecule is Cc1cc(OC(C)(C)C)ccc1[P-]C(=O)c1c(C)cccc1C.[Li+]. The van der Waals surface area contributed by atoms with Gasteiger partial charge in [0.15, 0.2) is 0 Å². The standard InChI is InChI=1S/C20H24O2P.Li/c1-13-8-7-9-14(2)18(13)19(21)23-17-11-10-16(12-15(17)3)22-20(4,5)6;/h7-12H,1-6H3;/q-1;+1. The Labute approximate surface area is 159 Å². The largest absolute Gasteiger partial charge is 1.00 e. The molecule has 2 aromatic rings. The number of hydrogen-bond donors (Lipinski definition) is 0. The van der Waals surface area contributed by atoms with Crippen LogP contribution < -0.4 is 28.9 Å². The van der Waals surface area contributed by atoms with E-state index in [1.165, 1.54) is 0 Å². The topological polar surface area (TPSA) is 26.3 Å². The second-order valence-corrected chi connectivity index (χ2v) is 7.96. The van der Waals surface area contributed by atoms with Gasteiger partial charge in [-0.3, -0.25) is 0 Å². The fourth-order valence-corrected chi connectivity index (χ4v) is 3.56. The Bertz CT molecular complexity index is 713. The summed E-state index contributed by atoms with van der Waals surface area (Å²) in [4.78, 5) is 12.7. The molecule has 0 heterocycles. The molecule has 2 aromatic carbocycles. The van der Waals surface area contributed by atoms with Gasteiger partial charge in [0, 0.05) is 5.52 Å². The van der Waals surface area contributed by atoms with Crippen molar-refractivity contribution in [2.75, 3.05) is 0 Å². The molecule has 0 atom stereocenters. The molecule has 0 radical (unpaired) electrons. The second-order valence-electron chi connectivity index (χ2n) is 6.85. The van der Waals surface area contributed by atoms with Crippen molar-refractivity contribution in [2.24, 2.45) is 0 Å². The summed E-state index contributed by atoms with van der Waals surface area (Å²) in [6, 6.07) is 11.9. The molecule has 0 N–H and O–H groups in total. The average Bonchev–Trinajstić information content (AvgIpc) is 2.40. The quantitative estimate of drug-likeness (QED) is 0.633. The minimum atomic E-state index is -0.222. The van der Waals surface area contributed by atoms with Crippen molar-refractivity contribution in [2.45, 2.75) is 47.1 Å². The third-order valence-corrected chi connectivity index (χ3v) is 4.68. The molecule has 0 fully saturated rings. The summed E-state index contributed by atoms with van der Waals surface area (Å²) < 4.78 is 5.88. The normalized spacial score (nSPS) is 11.4. The number of benzene rings is 2. The Kier molecular flexibility index (Phi) is 7.30. The molecule has 122 valence electrons. The van der Waals surface area contributed by atoms with Gasteiger partial charge in [0.2, 0.25) is 0 Å². The van der Waals surface area contributed by atoms with E-state index in [4.69, 9.17) is 4.74 Å². The van der Waals surface area contributed by atoms with Crippen LogP contribution in [0, 0.1) is 20.8 Å². The predicted molar refractivity (Wildman–Crippen MR) is 98.4 cm³/mol. The molecule has 2 rings (SSSR count). The summed E-state index contributed by atoms with van der Waals surface area (Å²) in [6.45, 7) is 12.1. The Morgan fingerprint density at radius 2 is 1.54 bits per heavy atom. The minimum Gasteiger partial charge on any atom is -0.488 e. The number of aryl methyl sites for hydroxylation is 3. The van der Waals surface area contributed by atoms with Gasteiger partial charge >= 0.3 is 18.9 Å². The van der Waals surface area contributed by atoms with Crippen molar-refractivity contribution >= 4 is 19.4 Å². The molecule has 0 bridgehead atoms. The molecule has 2 nitrogen and oxygen atoms in total. The van der Waals surface area contributed by atoms with Crippen LogP contribution in [0.5, 0.6) is 5.75 Å². The molecule has 0 amide bonds. The Morgan fingerprint density at radius 1 is 0.958 bits per heavy atom. The van der Waals surface area contributed by atoms with Crippen LogP contribution in [0.3, 0.4) is 0 Å². The number of hydrogen-bond acceptors (Lipinski definition) is 2. The summed E-state index contributed by atoms with van der Waals surface area (Å²) >= 11 is 0. The van der Waals surface area contributed by atoms with Crippen molar-refractivity contribution in [1.29, 1.82) is 0 Å². The molecule has 4 heteroatoms. The molecule has 0 aliphatic carbocycles. The molecule has 0 saturated carbocycles. The zero-order valence-corrected chi connectivity index (χ0v) is 16.6. The van der Waals surface area contributed by atoms with Gasteiger partial charge in [0.25, 0.3) is 0 Å². The van der Waals surface area contributed by atoms with Crippen LogP contribution in [0.2, 0.25) is 0 Å². The maximum Gasteiger partial charge on any atom is 1.00 e. The van der Waals surface area contributed by atoms with Crippen LogP contribution in [0.15, 0.2) is 36.4 Å². The molecule has 0 aliphatic rings. The van der Waals surface area contributed by atoms with Gasteiger partial charge in [-0.05, 0) is 70.4 Å². The van der Waals surface area contributed by atoms with Gasteiger partial charge in [0.05, 0.1) is 0 Å². The molecule has 0 aromatic heterocycles. The first-order chi connectivity index (χ1) is 10.7. The average molecular weight is 334 g/mol. The van der Waals surface area contributed by atoms with Gasteiger partial charge in [-0.25, -0.2) is 0 Å². The van der Waals surface area contributed by atoms with Crippen molar-refractivity contribution in [3.63, 3.8) is 0 Å². The summed E-state index contributed by atoms with van der Waals surface area (Å²) in [5, 5.41) is 1.03. The fraction of sp³-hybridized carbons (Fsp3) is 0.350. The van der Waals surface area contributed by atoms with E-state index in [0.29, 0.717) is 8.58 Å². The zero-order valence-electron chi connectivity index (χ0n) is 15.7. The van der Waals surface area contributed by atoms with E-state index in [1.54, 1.807) is 0 Å². The summed E-state index contributed by atoms with van der Waals surface area (Å²) in [5.41, 5.74) is 3.91. The van der Waals surface area contributed by atoms with Crippen molar-refractivity contribution in [3.8, 4) is 5.75 Å². The Balaban J connectivity index is 0.00000288. The fourth-order valence-electron chi connectivity index (χ4n) is 2.49. The van der Waals surface area contributed by atoms with Gasteiger partial charge in [-0.1, -0.05) is 29.8 Å². The van der Waals surface area contributed by atoms with Gasteiger partial charge in [-0.15, -0.1) is 0 Å². The molecule has 0 unspecified atom stereocenters. The summed E-state index contributed by atoms with van der Waals surface area (Å²) in [7, 11) is 0.711. The van der Waals surface area contributed by atoms with Crippen LogP contribution in [-0.4, -0.2) is 11.1 Å². The maximum absolute atomic E-state index is 12.7. The number of carbonyl (C=O) groups excluding carboxylic acids is 1. The first-order valence-corrected chi connectivity index (χ1v) is 8.69. The number of rotatable bonds is 4. The first-order valence-electron chi connectivity index (χ1n) is 7.79. The zero-order chi connectivity index (χ0) is 17.2. The van der Waals surface area contributed by atoms with E-state index in [9.17, 15) is 4.79 Å². The smallest absolute Gasteiger partial charge is 0.488 e. The Hall–Kier alpha value is -1.06. The van der Waals surface area contributed by atoms with E-state index in [2.05, 4.69) is 0 Å². The van der Waals surface area contributed by atoms with E-state index in [1.807, 2.05) is 77.9 Å². The number of ether oxygens (including phenoxy) is 1. The van der Waals surface area contributed by atoms with Crippen LogP contribution in [0.25, 0.3) is 0 Å². The van der Waals surface area contributed by atoms with E-state index in [-0.39, 0.29) is 30.0 Å². The molecular weight excluding hydrogens is 310 g/mol. The monoisotopic (exact) mass is 334 g/mol. The van der Waals surface area contributed by atoms with E-state index >= 15 is 0 Å². The molecular formula is C20H24LiO2P. The molecule has 24 heavy (non-hydrogen) atoms. The van der Waals surface area contributed by atoms with Gasteiger partial charge < -0.3 is 18.1 Å². The van der Waals surface area contributed by atoms with Gasteiger partial charge in [-0.2, -0.15) is 5.30 Å². The summed E-state index contributed by atoms with van der Waals surface area (Å²) in [5.74, 6) is 0.841. The third-order valence-electron chi connectivity index (χ3n) is 3.51. The van der Waals surface area contributed by atoms with Crippen molar-refractivity contribution in [1.82, 2.24) is 0 Å². The van der Waals surface area contributed by atoms with Gasteiger partial charge in [0.1, 0.15) is 11.4 Å². The van der Waals surface area contributed by atoms with Crippen LogP contribution in [-0.2, 0) is 0 Å². The van der Waals surface area contributed by atoms with Crippen LogP contribution in [0.1, 0.15) is 47.8 Å².